The molecule has 2 heterocycles. The van der Waals surface area contributed by atoms with Gasteiger partial charge in [-0.25, -0.2) is 4.79 Å². The molecule has 0 unspecified atom stereocenters. The first-order valence-electron chi connectivity index (χ1n) is 9.63. The summed E-state index contributed by atoms with van der Waals surface area (Å²) in [6.45, 7) is 6.67. The fourth-order valence-corrected chi connectivity index (χ4v) is 3.63. The molecule has 0 spiro atoms. The van der Waals surface area contributed by atoms with Gasteiger partial charge in [-0.05, 0) is 49.6 Å². The van der Waals surface area contributed by atoms with E-state index < -0.39 is 11.9 Å². The molecule has 3 rings (SSSR count). The first kappa shape index (κ1) is 21.5. The molecular formula is C21H24N6O2S. The van der Waals surface area contributed by atoms with Crippen molar-refractivity contribution in [2.24, 2.45) is 0 Å². The molecule has 0 bridgehead atoms. The predicted octanol–water partition coefficient (Wildman–Crippen LogP) is 3.81. The lowest BCUT2D eigenvalue weighted by molar-refractivity contribution is -0.117. The van der Waals surface area contributed by atoms with Crippen LogP contribution in [-0.2, 0) is 11.3 Å². The molecule has 0 radical (unpaired) electrons. The quantitative estimate of drug-likeness (QED) is 0.559. The number of pyridine rings is 1. The van der Waals surface area contributed by atoms with E-state index in [1.54, 1.807) is 18.5 Å². The zero-order chi connectivity index (χ0) is 21.5. The van der Waals surface area contributed by atoms with E-state index in [0.717, 1.165) is 35.5 Å². The van der Waals surface area contributed by atoms with Gasteiger partial charge < -0.3 is 9.88 Å². The van der Waals surface area contributed by atoms with Gasteiger partial charge in [0.2, 0.25) is 5.91 Å². The molecular weight excluding hydrogens is 400 g/mol. The zero-order valence-electron chi connectivity index (χ0n) is 17.2. The Labute approximate surface area is 179 Å². The summed E-state index contributed by atoms with van der Waals surface area (Å²) >= 11 is 1.25. The van der Waals surface area contributed by atoms with Gasteiger partial charge in [-0.15, -0.1) is 10.2 Å². The van der Waals surface area contributed by atoms with E-state index in [4.69, 9.17) is 0 Å². The summed E-state index contributed by atoms with van der Waals surface area (Å²) in [4.78, 5) is 28.4. The Hall–Kier alpha value is -3.20. The number of aromatic nitrogens is 4. The van der Waals surface area contributed by atoms with E-state index in [0.29, 0.717) is 10.8 Å². The van der Waals surface area contributed by atoms with E-state index in [2.05, 4.69) is 32.7 Å². The van der Waals surface area contributed by atoms with Crippen molar-refractivity contribution < 1.29 is 9.59 Å². The Balaban J connectivity index is 1.61. The van der Waals surface area contributed by atoms with E-state index in [9.17, 15) is 9.59 Å². The molecule has 1 aromatic carbocycles. The number of benzene rings is 1. The van der Waals surface area contributed by atoms with Crippen LogP contribution >= 0.6 is 11.8 Å². The van der Waals surface area contributed by atoms with Crippen molar-refractivity contribution in [1.29, 1.82) is 0 Å². The minimum absolute atomic E-state index is 0.0540. The Kier molecular flexibility index (Phi) is 7.18. The van der Waals surface area contributed by atoms with Crippen LogP contribution in [0.5, 0.6) is 0 Å². The van der Waals surface area contributed by atoms with E-state index in [1.807, 2.05) is 42.7 Å². The fraction of sp³-hybridized carbons (Fsp3) is 0.286. The van der Waals surface area contributed by atoms with Crippen molar-refractivity contribution in [2.45, 2.75) is 38.9 Å². The Bertz CT molecular complexity index is 1040. The summed E-state index contributed by atoms with van der Waals surface area (Å²) in [6, 6.07) is 8.81. The van der Waals surface area contributed by atoms with Crippen molar-refractivity contribution in [3.8, 4) is 11.4 Å². The number of hydrogen-bond donors (Lipinski definition) is 2. The number of amides is 3. The number of imide groups is 1. The van der Waals surface area contributed by atoms with Crippen LogP contribution in [0.25, 0.3) is 11.4 Å². The summed E-state index contributed by atoms with van der Waals surface area (Å²) in [5.41, 5.74) is 3.62. The highest BCUT2D eigenvalue weighted by atomic mass is 32.2. The van der Waals surface area contributed by atoms with Gasteiger partial charge in [0.05, 0.1) is 5.75 Å². The lowest BCUT2D eigenvalue weighted by Crippen LogP contribution is -2.35. The van der Waals surface area contributed by atoms with Crippen molar-refractivity contribution in [1.82, 2.24) is 25.1 Å². The van der Waals surface area contributed by atoms with Crippen LogP contribution in [0.4, 0.5) is 10.5 Å². The third-order valence-electron chi connectivity index (χ3n) is 4.54. The number of aryl methyl sites for hydroxylation is 1. The second-order valence-corrected chi connectivity index (χ2v) is 7.67. The minimum Gasteiger partial charge on any atom is -0.307 e. The van der Waals surface area contributed by atoms with Gasteiger partial charge in [-0.1, -0.05) is 30.8 Å². The van der Waals surface area contributed by atoms with Crippen molar-refractivity contribution in [3.63, 3.8) is 0 Å². The average Bonchev–Trinajstić information content (AvgIpc) is 3.13. The van der Waals surface area contributed by atoms with E-state index >= 15 is 0 Å². The van der Waals surface area contributed by atoms with E-state index in [-0.39, 0.29) is 5.75 Å². The van der Waals surface area contributed by atoms with E-state index in [1.165, 1.54) is 11.8 Å². The number of hydrogen-bond acceptors (Lipinski definition) is 6. The molecule has 3 aromatic rings. The third-order valence-corrected chi connectivity index (χ3v) is 5.51. The minimum atomic E-state index is -0.554. The summed E-state index contributed by atoms with van der Waals surface area (Å²) in [5.74, 6) is 0.382. The Morgan fingerprint density at radius 2 is 1.87 bits per heavy atom. The summed E-state index contributed by atoms with van der Waals surface area (Å²) < 4.78 is 1.98. The summed E-state index contributed by atoms with van der Waals surface area (Å²) in [6.07, 6.45) is 4.30. The van der Waals surface area contributed by atoms with Crippen LogP contribution in [-0.4, -0.2) is 37.4 Å². The van der Waals surface area contributed by atoms with Gasteiger partial charge in [-0.3, -0.25) is 15.1 Å². The van der Waals surface area contributed by atoms with Crippen molar-refractivity contribution in [3.05, 3.63) is 53.9 Å². The molecule has 8 nitrogen and oxygen atoms in total. The van der Waals surface area contributed by atoms with Gasteiger partial charge in [0, 0.05) is 30.2 Å². The fourth-order valence-electron chi connectivity index (χ4n) is 2.87. The summed E-state index contributed by atoms with van der Waals surface area (Å²) in [5, 5.41) is 14.2. The number of urea groups is 1. The molecule has 2 aromatic heterocycles. The second kappa shape index (κ2) is 10.0. The standard InChI is InChI=1S/C21H24N6O2S/c1-4-12-27-19(16-8-10-22-11-9-16)25-26-21(27)30-13-18(28)24-20(29)23-17-7-5-6-14(2)15(17)3/h5-11H,4,12-13H2,1-3H3,(H2,23,24,28,29). The molecule has 30 heavy (non-hydrogen) atoms. The number of nitrogens with one attached hydrogen (secondary N) is 2. The molecule has 0 aliphatic heterocycles. The highest BCUT2D eigenvalue weighted by Gasteiger charge is 2.16. The number of anilines is 1. The molecule has 0 atom stereocenters. The Morgan fingerprint density at radius 3 is 2.60 bits per heavy atom. The largest absolute Gasteiger partial charge is 0.325 e. The first-order chi connectivity index (χ1) is 14.5. The molecule has 0 fully saturated rings. The molecule has 0 saturated carbocycles. The van der Waals surface area contributed by atoms with Crippen molar-refractivity contribution in [2.75, 3.05) is 11.1 Å². The Morgan fingerprint density at radius 1 is 1.10 bits per heavy atom. The van der Waals surface area contributed by atoms with Crippen LogP contribution in [0.2, 0.25) is 0 Å². The highest BCUT2D eigenvalue weighted by molar-refractivity contribution is 7.99. The molecule has 0 aliphatic rings. The van der Waals surface area contributed by atoms with Gasteiger partial charge in [0.1, 0.15) is 0 Å². The maximum absolute atomic E-state index is 12.3. The second-order valence-electron chi connectivity index (χ2n) is 6.73. The number of rotatable bonds is 7. The molecule has 0 aliphatic carbocycles. The highest BCUT2D eigenvalue weighted by Crippen LogP contribution is 2.24. The molecule has 156 valence electrons. The third kappa shape index (κ3) is 5.24. The zero-order valence-corrected chi connectivity index (χ0v) is 18.0. The first-order valence-corrected chi connectivity index (χ1v) is 10.6. The number of thioether (sulfide) groups is 1. The van der Waals surface area contributed by atoms with Gasteiger partial charge in [0.25, 0.3) is 0 Å². The van der Waals surface area contributed by atoms with Gasteiger partial charge >= 0.3 is 6.03 Å². The monoisotopic (exact) mass is 424 g/mol. The predicted molar refractivity (Wildman–Crippen MR) is 117 cm³/mol. The molecule has 9 heteroatoms. The lowest BCUT2D eigenvalue weighted by Gasteiger charge is -2.11. The number of carbonyl (C=O) groups excluding carboxylic acids is 2. The maximum Gasteiger partial charge on any atom is 0.325 e. The van der Waals surface area contributed by atoms with Crippen LogP contribution in [0.1, 0.15) is 24.5 Å². The number of nitrogens with zero attached hydrogens (tertiary/aromatic N) is 4. The maximum atomic E-state index is 12.3. The van der Waals surface area contributed by atoms with Crippen LogP contribution in [0.3, 0.4) is 0 Å². The molecule has 2 N–H and O–H groups in total. The van der Waals surface area contributed by atoms with Crippen LogP contribution in [0, 0.1) is 13.8 Å². The SMILES string of the molecule is CCCn1c(SCC(=O)NC(=O)Nc2cccc(C)c2C)nnc1-c1ccncc1. The number of carbonyl (C=O) groups is 2. The van der Waals surface area contributed by atoms with Gasteiger partial charge in [0.15, 0.2) is 11.0 Å². The van der Waals surface area contributed by atoms with Crippen LogP contribution < -0.4 is 10.6 Å². The molecule has 3 amide bonds. The van der Waals surface area contributed by atoms with Crippen LogP contribution in [0.15, 0.2) is 47.9 Å². The smallest absolute Gasteiger partial charge is 0.307 e. The van der Waals surface area contributed by atoms with Gasteiger partial charge in [-0.2, -0.15) is 0 Å². The van der Waals surface area contributed by atoms with Crippen molar-refractivity contribution >= 4 is 29.4 Å². The lowest BCUT2D eigenvalue weighted by atomic mass is 10.1. The topological polar surface area (TPSA) is 102 Å². The summed E-state index contributed by atoms with van der Waals surface area (Å²) in [7, 11) is 0. The normalized spacial score (nSPS) is 10.6. The molecule has 0 saturated heterocycles. The average molecular weight is 425 g/mol.